The lowest BCUT2D eigenvalue weighted by molar-refractivity contribution is 0.101. The predicted molar refractivity (Wildman–Crippen MR) is 134 cm³/mol. The van der Waals surface area contributed by atoms with E-state index >= 15 is 0 Å². The van der Waals surface area contributed by atoms with E-state index in [0.29, 0.717) is 23.6 Å². The van der Waals surface area contributed by atoms with E-state index < -0.39 is 27.8 Å². The normalized spacial score (nSPS) is 14.9. The molecule has 2 amide bonds. The molecule has 0 unspecified atom stereocenters. The van der Waals surface area contributed by atoms with Crippen LogP contribution in [0.15, 0.2) is 60.7 Å². The fourth-order valence-corrected chi connectivity index (χ4v) is 5.13. The summed E-state index contributed by atoms with van der Waals surface area (Å²) in [6.45, 7) is 0.513. The average Bonchev–Trinajstić information content (AvgIpc) is 2.80. The minimum Gasteiger partial charge on any atom is -0.322 e. The van der Waals surface area contributed by atoms with Gasteiger partial charge in [0.1, 0.15) is 5.82 Å². The molecular formula is C23H19Cl2FN4O4S. The van der Waals surface area contributed by atoms with Gasteiger partial charge < -0.3 is 10.6 Å². The number of carbonyl (C=O) groups is 2. The maximum Gasteiger partial charge on any atom is 0.301 e. The molecule has 0 spiro atoms. The van der Waals surface area contributed by atoms with E-state index in [0.717, 1.165) is 10.4 Å². The van der Waals surface area contributed by atoms with Crippen LogP contribution in [-0.4, -0.2) is 33.3 Å². The molecule has 1 aliphatic heterocycles. The Labute approximate surface area is 211 Å². The van der Waals surface area contributed by atoms with Crippen molar-refractivity contribution in [3.63, 3.8) is 0 Å². The molecular weight excluding hydrogens is 518 g/mol. The zero-order valence-corrected chi connectivity index (χ0v) is 20.3. The molecule has 0 saturated carbocycles. The van der Waals surface area contributed by atoms with Crippen molar-refractivity contribution in [3.05, 3.63) is 87.7 Å². The predicted octanol–water partition coefficient (Wildman–Crippen LogP) is 4.68. The van der Waals surface area contributed by atoms with Gasteiger partial charge in [-0.1, -0.05) is 29.3 Å². The lowest BCUT2D eigenvalue weighted by Crippen LogP contribution is -2.47. The fraction of sp³-hybridized carbons (Fsp3) is 0.130. The van der Waals surface area contributed by atoms with Crippen molar-refractivity contribution in [1.82, 2.24) is 4.72 Å². The van der Waals surface area contributed by atoms with Crippen molar-refractivity contribution in [2.24, 2.45) is 0 Å². The number of hydrogen-bond donors (Lipinski definition) is 3. The van der Waals surface area contributed by atoms with E-state index in [1.807, 2.05) is 0 Å². The van der Waals surface area contributed by atoms with Gasteiger partial charge in [0.15, 0.2) is 0 Å². The number of halogens is 3. The molecule has 1 heterocycles. The summed E-state index contributed by atoms with van der Waals surface area (Å²) in [5.74, 6) is -2.10. The fourth-order valence-electron chi connectivity index (χ4n) is 3.45. The molecule has 182 valence electrons. The average molecular weight is 537 g/mol. The first kappa shape index (κ1) is 24.9. The van der Waals surface area contributed by atoms with E-state index in [1.54, 1.807) is 18.2 Å². The standard InChI is InChI=1S/C23H19Cl2FN4O4S/c24-15-4-1-3-14(11-15)22(31)29-21-12-16(5-8-19(21)25)28-23(32)18-7-6-17(13-20(18)26)30-10-2-9-27-35(30,33)34/h1,3-8,11-13,27H,2,9-10H2,(H,28,32)(H,29,31). The van der Waals surface area contributed by atoms with Crippen LogP contribution < -0.4 is 19.7 Å². The Morgan fingerprint density at radius 1 is 0.971 bits per heavy atom. The third kappa shape index (κ3) is 5.73. The number of nitrogens with one attached hydrogen (secondary N) is 3. The first-order valence-corrected chi connectivity index (χ1v) is 12.6. The van der Waals surface area contributed by atoms with Crippen LogP contribution in [-0.2, 0) is 10.2 Å². The van der Waals surface area contributed by atoms with Gasteiger partial charge in [-0.05, 0) is 61.0 Å². The van der Waals surface area contributed by atoms with Gasteiger partial charge in [-0.25, -0.2) is 4.39 Å². The lowest BCUT2D eigenvalue weighted by atomic mass is 10.1. The zero-order chi connectivity index (χ0) is 25.2. The molecule has 8 nitrogen and oxygen atoms in total. The molecule has 3 aromatic carbocycles. The number of carbonyl (C=O) groups excluding carboxylic acids is 2. The van der Waals surface area contributed by atoms with Crippen molar-refractivity contribution in [2.45, 2.75) is 6.42 Å². The summed E-state index contributed by atoms with van der Waals surface area (Å²) in [5.41, 5.74) is 0.635. The Morgan fingerprint density at radius 3 is 2.49 bits per heavy atom. The van der Waals surface area contributed by atoms with Crippen molar-refractivity contribution < 1.29 is 22.4 Å². The van der Waals surface area contributed by atoms with Crippen molar-refractivity contribution in [1.29, 1.82) is 0 Å². The Kier molecular flexibility index (Phi) is 7.27. The number of benzene rings is 3. The van der Waals surface area contributed by atoms with Gasteiger partial charge >= 0.3 is 10.2 Å². The second-order valence-corrected chi connectivity index (χ2v) is 10.1. The van der Waals surface area contributed by atoms with Crippen molar-refractivity contribution >= 4 is 62.3 Å². The van der Waals surface area contributed by atoms with Crippen LogP contribution in [0.1, 0.15) is 27.1 Å². The summed E-state index contributed by atoms with van der Waals surface area (Å²) in [6.07, 6.45) is 0.565. The highest BCUT2D eigenvalue weighted by molar-refractivity contribution is 7.90. The first-order valence-electron chi connectivity index (χ1n) is 10.4. The van der Waals surface area contributed by atoms with Crippen LogP contribution in [0.4, 0.5) is 21.5 Å². The summed E-state index contributed by atoms with van der Waals surface area (Å²) < 4.78 is 42.5. The summed E-state index contributed by atoms with van der Waals surface area (Å²) in [5, 5.41) is 5.82. The van der Waals surface area contributed by atoms with Gasteiger partial charge in [0.25, 0.3) is 11.8 Å². The van der Waals surface area contributed by atoms with Gasteiger partial charge in [-0.2, -0.15) is 13.1 Å². The number of nitrogens with zero attached hydrogens (tertiary/aromatic N) is 1. The Morgan fingerprint density at radius 2 is 1.77 bits per heavy atom. The number of amides is 2. The Bertz CT molecular complexity index is 1420. The van der Waals surface area contributed by atoms with Crippen LogP contribution in [0.3, 0.4) is 0 Å². The lowest BCUT2D eigenvalue weighted by Gasteiger charge is -2.28. The van der Waals surface area contributed by atoms with E-state index in [-0.39, 0.29) is 34.2 Å². The molecule has 0 atom stereocenters. The van der Waals surface area contributed by atoms with Crippen molar-refractivity contribution in [2.75, 3.05) is 28.0 Å². The molecule has 0 bridgehead atoms. The van der Waals surface area contributed by atoms with E-state index in [4.69, 9.17) is 23.2 Å². The highest BCUT2D eigenvalue weighted by atomic mass is 35.5. The number of hydrogen-bond acceptors (Lipinski definition) is 4. The minimum atomic E-state index is -3.75. The second-order valence-electron chi connectivity index (χ2n) is 7.60. The quantitative estimate of drug-likeness (QED) is 0.439. The van der Waals surface area contributed by atoms with E-state index in [2.05, 4.69) is 15.4 Å². The Hall–Kier alpha value is -3.18. The van der Waals surface area contributed by atoms with Crippen LogP contribution >= 0.6 is 23.2 Å². The van der Waals surface area contributed by atoms with Crippen molar-refractivity contribution in [3.8, 4) is 0 Å². The summed E-state index contributed by atoms with van der Waals surface area (Å²) in [6, 6.07) is 14.3. The number of anilines is 3. The minimum absolute atomic E-state index is 0.115. The molecule has 1 saturated heterocycles. The summed E-state index contributed by atoms with van der Waals surface area (Å²) in [7, 11) is -3.75. The topological polar surface area (TPSA) is 108 Å². The highest BCUT2D eigenvalue weighted by Crippen LogP contribution is 2.28. The van der Waals surface area contributed by atoms with Crippen LogP contribution in [0, 0.1) is 5.82 Å². The highest BCUT2D eigenvalue weighted by Gasteiger charge is 2.26. The maximum atomic E-state index is 14.8. The zero-order valence-electron chi connectivity index (χ0n) is 18.0. The molecule has 3 aromatic rings. The van der Waals surface area contributed by atoms with Gasteiger partial charge in [0, 0.05) is 29.4 Å². The molecule has 1 fully saturated rings. The van der Waals surface area contributed by atoms with Gasteiger partial charge in [-0.3, -0.25) is 13.9 Å². The molecule has 3 N–H and O–H groups in total. The SMILES string of the molecule is O=C(Nc1cc(NC(=O)c2ccc(N3CCCNS3(=O)=O)cc2F)ccc1Cl)c1cccc(Cl)c1. The van der Waals surface area contributed by atoms with Gasteiger partial charge in [0.05, 0.1) is 22.0 Å². The molecule has 35 heavy (non-hydrogen) atoms. The second kappa shape index (κ2) is 10.2. The molecule has 4 rings (SSSR count). The third-order valence-corrected chi connectivity index (χ3v) is 7.26. The molecule has 1 aliphatic rings. The summed E-state index contributed by atoms with van der Waals surface area (Å²) >= 11 is 12.1. The first-order chi connectivity index (χ1) is 16.6. The van der Waals surface area contributed by atoms with Gasteiger partial charge in [-0.15, -0.1) is 0 Å². The van der Waals surface area contributed by atoms with Crippen LogP contribution in [0.5, 0.6) is 0 Å². The maximum absolute atomic E-state index is 14.8. The van der Waals surface area contributed by atoms with E-state index in [1.165, 1.54) is 36.4 Å². The summed E-state index contributed by atoms with van der Waals surface area (Å²) in [4.78, 5) is 25.2. The largest absolute Gasteiger partial charge is 0.322 e. The number of rotatable bonds is 5. The molecule has 0 radical (unpaired) electrons. The molecule has 0 aromatic heterocycles. The Balaban J connectivity index is 1.50. The molecule has 12 heteroatoms. The van der Waals surface area contributed by atoms with E-state index in [9.17, 15) is 22.4 Å². The van der Waals surface area contributed by atoms with Crippen LogP contribution in [0.2, 0.25) is 10.0 Å². The monoisotopic (exact) mass is 536 g/mol. The van der Waals surface area contributed by atoms with Gasteiger partial charge in [0.2, 0.25) is 0 Å². The van der Waals surface area contributed by atoms with Crippen LogP contribution in [0.25, 0.3) is 0 Å². The third-order valence-electron chi connectivity index (χ3n) is 5.16. The smallest absolute Gasteiger partial charge is 0.301 e. The molecule has 0 aliphatic carbocycles.